The molecule has 2 heterocycles. The number of halogens is 4. The number of esters is 1. The fourth-order valence-electron chi connectivity index (χ4n) is 4.96. The third-order valence-electron chi connectivity index (χ3n) is 7.20. The lowest BCUT2D eigenvalue weighted by atomic mass is 10.1. The first kappa shape index (κ1) is 33.8. The second kappa shape index (κ2) is 13.7. The van der Waals surface area contributed by atoms with Crippen molar-refractivity contribution in [1.29, 1.82) is 0 Å². The Labute approximate surface area is 286 Å². The molecule has 0 spiro atoms. The van der Waals surface area contributed by atoms with Gasteiger partial charge in [0.05, 0.1) is 45.4 Å². The summed E-state index contributed by atoms with van der Waals surface area (Å²) in [5.74, 6) is -0.763. The van der Waals surface area contributed by atoms with E-state index >= 15 is 0 Å². The predicted octanol–water partition coefficient (Wildman–Crippen LogP) is 8.47. The third kappa shape index (κ3) is 7.05. The molecule has 0 atom stereocenters. The molecular weight excluding hydrogens is 694 g/mol. The molecule has 13 heteroatoms. The quantitative estimate of drug-likeness (QED) is 0.127. The highest BCUT2D eigenvalue weighted by Gasteiger charge is 2.38. The van der Waals surface area contributed by atoms with E-state index in [1.807, 2.05) is 6.92 Å². The summed E-state index contributed by atoms with van der Waals surface area (Å²) in [4.78, 5) is 28.0. The van der Waals surface area contributed by atoms with Gasteiger partial charge in [0.25, 0.3) is 5.91 Å². The van der Waals surface area contributed by atoms with Gasteiger partial charge in [-0.15, -0.1) is 0 Å². The van der Waals surface area contributed by atoms with Crippen LogP contribution in [0.25, 0.3) is 6.08 Å². The van der Waals surface area contributed by atoms with Gasteiger partial charge in [-0.1, -0.05) is 70.2 Å². The van der Waals surface area contributed by atoms with E-state index in [4.69, 9.17) is 55.6 Å². The number of amides is 1. The van der Waals surface area contributed by atoms with Crippen molar-refractivity contribution in [1.82, 2.24) is 4.31 Å². The van der Waals surface area contributed by atoms with Crippen LogP contribution in [0.4, 0.5) is 5.69 Å². The van der Waals surface area contributed by atoms with Crippen molar-refractivity contribution < 1.29 is 27.2 Å². The van der Waals surface area contributed by atoms with Gasteiger partial charge < -0.3 is 9.15 Å². The third-order valence-corrected chi connectivity index (χ3v) is 10.2. The number of hydrogen-bond donors (Lipinski definition) is 0. The number of sulfonamides is 1. The molecule has 0 saturated carbocycles. The molecule has 0 fully saturated rings. The number of hydrogen-bond acceptors (Lipinski definition) is 6. The van der Waals surface area contributed by atoms with E-state index in [0.717, 1.165) is 5.56 Å². The molecule has 0 bridgehead atoms. The zero-order chi connectivity index (χ0) is 33.3. The van der Waals surface area contributed by atoms with Crippen molar-refractivity contribution in [3.63, 3.8) is 0 Å². The van der Waals surface area contributed by atoms with Crippen LogP contribution in [0.1, 0.15) is 29.6 Å². The molecule has 1 aromatic heterocycles. The normalized spacial score (nSPS) is 14.6. The molecule has 0 unspecified atom stereocenters. The summed E-state index contributed by atoms with van der Waals surface area (Å²) in [7, 11) is -2.79. The fourth-order valence-corrected chi connectivity index (χ4v) is 7.19. The van der Waals surface area contributed by atoms with Crippen LogP contribution in [0.3, 0.4) is 0 Å². The predicted molar refractivity (Wildman–Crippen MR) is 179 cm³/mol. The molecule has 0 radical (unpaired) electrons. The minimum atomic E-state index is -4.00. The molecule has 46 heavy (non-hydrogen) atoms. The van der Waals surface area contributed by atoms with E-state index < -0.39 is 21.9 Å². The summed E-state index contributed by atoms with van der Waals surface area (Å²) < 4.78 is 39.9. The van der Waals surface area contributed by atoms with Gasteiger partial charge in [0.15, 0.2) is 0 Å². The Morgan fingerprint density at radius 3 is 2.20 bits per heavy atom. The first-order valence-electron chi connectivity index (χ1n) is 13.7. The summed E-state index contributed by atoms with van der Waals surface area (Å²) in [6.07, 6.45) is 1.41. The van der Waals surface area contributed by atoms with Crippen LogP contribution in [-0.4, -0.2) is 31.7 Å². The monoisotopic (exact) mass is 718 g/mol. The summed E-state index contributed by atoms with van der Waals surface area (Å²) in [6, 6.07) is 19.2. The number of benzene rings is 3. The molecule has 5 rings (SSSR count). The topological polar surface area (TPSA) is 97.1 Å². The molecular formula is C33H26Cl4N2O6S. The van der Waals surface area contributed by atoms with E-state index in [0.29, 0.717) is 37.0 Å². The number of allylic oxidation sites excluding steroid dienone is 1. The molecule has 4 aromatic rings. The van der Waals surface area contributed by atoms with Crippen molar-refractivity contribution >= 4 is 80.1 Å². The lowest BCUT2D eigenvalue weighted by Gasteiger charge is -2.22. The molecule has 1 aliphatic heterocycles. The Hall–Kier alpha value is -3.57. The highest BCUT2D eigenvalue weighted by Crippen LogP contribution is 2.38. The van der Waals surface area contributed by atoms with Gasteiger partial charge in [-0.25, -0.2) is 13.2 Å². The van der Waals surface area contributed by atoms with Gasteiger partial charge in [-0.05, 0) is 80.1 Å². The van der Waals surface area contributed by atoms with Crippen molar-refractivity contribution in [3.8, 4) is 0 Å². The highest BCUT2D eigenvalue weighted by molar-refractivity contribution is 7.89. The lowest BCUT2D eigenvalue weighted by molar-refractivity contribution is -0.136. The van der Waals surface area contributed by atoms with Crippen LogP contribution in [0.15, 0.2) is 99.0 Å². The standard InChI is InChI=1S/C33H26Cl4N2O6S/c1-19-4-9-27(10-5-19)46(42,43)38(17-21-6-11-29(36)30(37)12-21)18-26-8-7-25(45-26)16-28-31(33(41)44-3)20(2)39(32(28)40)24-14-22(34)13-23(35)15-24/h4-16H,17-18H2,1-3H3/b28-16+. The van der Waals surface area contributed by atoms with Gasteiger partial charge >= 0.3 is 5.97 Å². The number of carbonyl (C=O) groups is 2. The molecule has 1 aliphatic rings. The molecule has 238 valence electrons. The molecule has 0 N–H and O–H groups in total. The maximum atomic E-state index is 13.8. The van der Waals surface area contributed by atoms with Gasteiger partial charge in [-0.3, -0.25) is 9.69 Å². The molecule has 1 amide bonds. The Bertz CT molecular complexity index is 2000. The van der Waals surface area contributed by atoms with E-state index in [2.05, 4.69) is 0 Å². The maximum absolute atomic E-state index is 13.8. The first-order chi connectivity index (χ1) is 21.8. The zero-order valence-corrected chi connectivity index (χ0v) is 28.5. The smallest absolute Gasteiger partial charge is 0.340 e. The summed E-state index contributed by atoms with van der Waals surface area (Å²) in [5.41, 5.74) is 2.24. The van der Waals surface area contributed by atoms with E-state index in [-0.39, 0.29) is 40.7 Å². The summed E-state index contributed by atoms with van der Waals surface area (Å²) in [5, 5.41) is 1.25. The first-order valence-corrected chi connectivity index (χ1v) is 16.6. The maximum Gasteiger partial charge on any atom is 0.340 e. The number of rotatable bonds is 9. The lowest BCUT2D eigenvalue weighted by Crippen LogP contribution is -2.30. The molecule has 8 nitrogen and oxygen atoms in total. The van der Waals surface area contributed by atoms with Crippen molar-refractivity contribution in [2.75, 3.05) is 12.0 Å². The number of anilines is 1. The average molecular weight is 720 g/mol. The largest absolute Gasteiger partial charge is 0.465 e. The molecule has 0 saturated heterocycles. The van der Waals surface area contributed by atoms with E-state index in [9.17, 15) is 18.0 Å². The number of carbonyl (C=O) groups excluding carboxylic acids is 2. The van der Waals surface area contributed by atoms with Crippen LogP contribution in [-0.2, 0) is 37.4 Å². The highest BCUT2D eigenvalue weighted by atomic mass is 35.5. The van der Waals surface area contributed by atoms with Gasteiger partial charge in [-0.2, -0.15) is 4.31 Å². The average Bonchev–Trinajstić information content (AvgIpc) is 3.54. The number of nitrogens with zero attached hydrogens (tertiary/aromatic N) is 2. The van der Waals surface area contributed by atoms with Crippen molar-refractivity contribution in [2.45, 2.75) is 31.8 Å². The van der Waals surface area contributed by atoms with Gasteiger partial charge in [0.1, 0.15) is 11.5 Å². The summed E-state index contributed by atoms with van der Waals surface area (Å²) >= 11 is 24.7. The van der Waals surface area contributed by atoms with Crippen molar-refractivity contribution in [2.24, 2.45) is 0 Å². The van der Waals surface area contributed by atoms with Gasteiger partial charge in [0, 0.05) is 22.3 Å². The minimum absolute atomic E-state index is 0.0151. The van der Waals surface area contributed by atoms with Crippen LogP contribution < -0.4 is 4.90 Å². The van der Waals surface area contributed by atoms with Crippen LogP contribution in [0.2, 0.25) is 20.1 Å². The Kier molecular flexibility index (Phi) is 10.0. The number of furan rings is 1. The van der Waals surface area contributed by atoms with E-state index in [1.165, 1.54) is 40.6 Å². The molecule has 0 aliphatic carbocycles. The molecule has 3 aromatic carbocycles. The Balaban J connectivity index is 1.50. The second-order valence-electron chi connectivity index (χ2n) is 10.4. The van der Waals surface area contributed by atoms with Crippen LogP contribution in [0, 0.1) is 6.92 Å². The van der Waals surface area contributed by atoms with Crippen LogP contribution in [0.5, 0.6) is 0 Å². The summed E-state index contributed by atoms with van der Waals surface area (Å²) in [6.45, 7) is 3.28. The SMILES string of the molecule is COC(=O)C1=C(C)N(c2cc(Cl)cc(Cl)c2)C(=O)/C1=C/c1ccc(CN(Cc2ccc(Cl)c(Cl)c2)S(=O)(=O)c2ccc(C)cc2)o1. The van der Waals surface area contributed by atoms with Crippen LogP contribution >= 0.6 is 46.4 Å². The number of aryl methyl sites for hydroxylation is 1. The Morgan fingerprint density at radius 2 is 1.57 bits per heavy atom. The second-order valence-corrected chi connectivity index (χ2v) is 14.0. The van der Waals surface area contributed by atoms with E-state index in [1.54, 1.807) is 61.5 Å². The fraction of sp³-hybridized carbons (Fsp3) is 0.152. The minimum Gasteiger partial charge on any atom is -0.465 e. The number of ether oxygens (including phenoxy) is 1. The Morgan fingerprint density at radius 1 is 0.891 bits per heavy atom. The van der Waals surface area contributed by atoms with Gasteiger partial charge in [0.2, 0.25) is 10.0 Å². The van der Waals surface area contributed by atoms with Crippen molar-refractivity contribution in [3.05, 3.63) is 132 Å². The zero-order valence-electron chi connectivity index (χ0n) is 24.7. The number of methoxy groups -OCH3 is 1.